The number of pyridine rings is 1. The molecule has 1 saturated carbocycles. The minimum absolute atomic E-state index is 0.0806. The minimum Gasteiger partial charge on any atom is -0.490 e. The molecule has 6 rings (SSSR count). The third-order valence-electron chi connectivity index (χ3n) is 7.24. The average molecular weight is 495 g/mol. The lowest BCUT2D eigenvalue weighted by Gasteiger charge is -2.29. The van der Waals surface area contributed by atoms with Crippen molar-refractivity contribution in [2.75, 3.05) is 4.90 Å². The van der Waals surface area contributed by atoms with E-state index in [-0.39, 0.29) is 12.1 Å². The number of rotatable bonds is 6. The van der Waals surface area contributed by atoms with Crippen LogP contribution >= 0.6 is 12.2 Å². The van der Waals surface area contributed by atoms with Gasteiger partial charge in [0.1, 0.15) is 11.8 Å². The maximum Gasteiger partial charge on any atom is 0.174 e. The van der Waals surface area contributed by atoms with Gasteiger partial charge in [0.15, 0.2) is 5.11 Å². The fourth-order valence-electron chi connectivity index (χ4n) is 5.54. The second kappa shape index (κ2) is 9.78. The maximum atomic E-state index is 6.22. The molecule has 1 aliphatic carbocycles. The van der Waals surface area contributed by atoms with Crippen molar-refractivity contribution in [2.24, 2.45) is 0 Å². The van der Waals surface area contributed by atoms with Crippen LogP contribution in [0.2, 0.25) is 0 Å². The second-order valence-corrected chi connectivity index (χ2v) is 9.97. The molecule has 1 saturated heterocycles. The van der Waals surface area contributed by atoms with Crippen LogP contribution < -0.4 is 15.0 Å². The van der Waals surface area contributed by atoms with Gasteiger partial charge in [-0.2, -0.15) is 0 Å². The smallest absolute Gasteiger partial charge is 0.174 e. The summed E-state index contributed by atoms with van der Waals surface area (Å²) in [7, 11) is 0. The van der Waals surface area contributed by atoms with Gasteiger partial charge in [-0.15, -0.1) is 0 Å². The summed E-state index contributed by atoms with van der Waals surface area (Å²) in [6.07, 6.45) is 6.98. The molecule has 2 aromatic carbocycles. The zero-order valence-electron chi connectivity index (χ0n) is 20.4. The first-order valence-electron chi connectivity index (χ1n) is 12.7. The third-order valence-corrected chi connectivity index (χ3v) is 7.56. The van der Waals surface area contributed by atoms with Gasteiger partial charge >= 0.3 is 0 Å². The van der Waals surface area contributed by atoms with E-state index in [1.807, 2.05) is 24.4 Å². The number of thiocarbonyl (C=S) groups is 1. The Labute approximate surface area is 217 Å². The van der Waals surface area contributed by atoms with E-state index in [1.165, 1.54) is 18.5 Å². The zero-order valence-corrected chi connectivity index (χ0v) is 21.2. The fourth-order valence-corrected chi connectivity index (χ4v) is 5.88. The van der Waals surface area contributed by atoms with Crippen LogP contribution in [0.1, 0.15) is 54.8 Å². The van der Waals surface area contributed by atoms with E-state index in [1.54, 1.807) is 0 Å². The van der Waals surface area contributed by atoms with E-state index < -0.39 is 0 Å². The number of aryl methyl sites for hydroxylation is 1. The van der Waals surface area contributed by atoms with E-state index in [2.05, 4.69) is 88.4 Å². The maximum absolute atomic E-state index is 6.22. The number of aromatic nitrogens is 2. The Balaban J connectivity index is 1.41. The van der Waals surface area contributed by atoms with E-state index in [0.717, 1.165) is 41.4 Å². The van der Waals surface area contributed by atoms with Crippen LogP contribution in [0, 0.1) is 6.92 Å². The molecule has 0 radical (unpaired) electrons. The number of para-hydroxylation sites is 1. The van der Waals surface area contributed by atoms with Crippen LogP contribution in [0.4, 0.5) is 5.69 Å². The molecule has 1 aliphatic heterocycles. The van der Waals surface area contributed by atoms with Crippen molar-refractivity contribution in [1.82, 2.24) is 14.9 Å². The topological polar surface area (TPSA) is 42.3 Å². The Morgan fingerprint density at radius 1 is 0.861 bits per heavy atom. The van der Waals surface area contributed by atoms with Gasteiger partial charge in [-0.1, -0.05) is 24.3 Å². The van der Waals surface area contributed by atoms with Crippen molar-refractivity contribution in [1.29, 1.82) is 0 Å². The van der Waals surface area contributed by atoms with Gasteiger partial charge in [0.25, 0.3) is 0 Å². The van der Waals surface area contributed by atoms with Gasteiger partial charge in [-0.3, -0.25) is 4.98 Å². The fraction of sp³-hybridized carbons (Fsp3) is 0.267. The highest BCUT2D eigenvalue weighted by Gasteiger charge is 2.42. The van der Waals surface area contributed by atoms with Crippen LogP contribution in [-0.2, 0) is 0 Å². The molecule has 182 valence electrons. The number of hydrogen-bond acceptors (Lipinski definition) is 3. The van der Waals surface area contributed by atoms with Crippen LogP contribution in [-0.4, -0.2) is 20.8 Å². The summed E-state index contributed by atoms with van der Waals surface area (Å²) in [5.74, 6) is 0.921. The van der Waals surface area contributed by atoms with E-state index in [9.17, 15) is 0 Å². The number of benzene rings is 2. The summed E-state index contributed by atoms with van der Waals surface area (Å²) in [5.41, 5.74) is 5.47. The van der Waals surface area contributed by atoms with Crippen LogP contribution in [0.3, 0.4) is 0 Å². The summed E-state index contributed by atoms with van der Waals surface area (Å²) in [5, 5.41) is 4.27. The number of ether oxygens (including phenoxy) is 1. The number of nitrogens with zero attached hydrogens (tertiary/aromatic N) is 3. The van der Waals surface area contributed by atoms with Crippen molar-refractivity contribution >= 4 is 23.0 Å². The molecule has 2 fully saturated rings. The van der Waals surface area contributed by atoms with Gasteiger partial charge in [-0.05, 0) is 105 Å². The lowest BCUT2D eigenvalue weighted by atomic mass is 10.0. The molecule has 0 bridgehead atoms. The van der Waals surface area contributed by atoms with E-state index in [4.69, 9.17) is 21.9 Å². The van der Waals surface area contributed by atoms with Crippen LogP contribution in [0.25, 0.3) is 5.69 Å². The standard InChI is InChI=1S/C30H30N4OS/c1-21-14-19-27(33(21)22-9-3-2-4-10-22)29-28(26-13-7-8-20-31-26)32-30(36)34(29)23-15-17-25(18-16-23)35-24-11-5-6-12-24/h2-4,7-10,13-20,24,28-29H,5-6,11-12H2,1H3,(H,32,36). The summed E-state index contributed by atoms with van der Waals surface area (Å²) >= 11 is 5.94. The minimum atomic E-state index is -0.0927. The molecule has 0 spiro atoms. The van der Waals surface area contributed by atoms with Crippen molar-refractivity contribution in [3.63, 3.8) is 0 Å². The lowest BCUT2D eigenvalue weighted by Crippen LogP contribution is -2.30. The Bertz CT molecular complexity index is 1330. The van der Waals surface area contributed by atoms with Gasteiger partial charge in [0.05, 0.1) is 17.8 Å². The highest BCUT2D eigenvalue weighted by Crippen LogP contribution is 2.43. The van der Waals surface area contributed by atoms with Crippen molar-refractivity contribution in [2.45, 2.75) is 50.8 Å². The first kappa shape index (κ1) is 22.8. The quantitative estimate of drug-likeness (QED) is 0.303. The summed E-state index contributed by atoms with van der Waals surface area (Å²) < 4.78 is 8.54. The molecule has 0 amide bonds. The van der Waals surface area contributed by atoms with Gasteiger partial charge < -0.3 is 19.5 Å². The van der Waals surface area contributed by atoms with Crippen molar-refractivity contribution in [3.05, 3.63) is 108 Å². The van der Waals surface area contributed by atoms with E-state index in [0.29, 0.717) is 11.2 Å². The first-order chi connectivity index (χ1) is 17.7. The zero-order chi connectivity index (χ0) is 24.5. The predicted octanol–water partition coefficient (Wildman–Crippen LogP) is 6.68. The molecule has 2 aromatic heterocycles. The lowest BCUT2D eigenvalue weighted by molar-refractivity contribution is 0.210. The van der Waals surface area contributed by atoms with Crippen molar-refractivity contribution < 1.29 is 4.74 Å². The summed E-state index contributed by atoms with van der Waals surface area (Å²) in [4.78, 5) is 6.93. The largest absolute Gasteiger partial charge is 0.490 e. The second-order valence-electron chi connectivity index (χ2n) is 9.59. The van der Waals surface area contributed by atoms with E-state index >= 15 is 0 Å². The van der Waals surface area contributed by atoms with Gasteiger partial charge in [0.2, 0.25) is 0 Å². The molecular weight excluding hydrogens is 464 g/mol. The Morgan fingerprint density at radius 3 is 2.33 bits per heavy atom. The summed E-state index contributed by atoms with van der Waals surface area (Å²) in [6.45, 7) is 2.15. The molecule has 5 nitrogen and oxygen atoms in total. The Hall–Kier alpha value is -3.64. The molecule has 2 unspecified atom stereocenters. The molecule has 2 atom stereocenters. The normalized spacial score (nSPS) is 20.0. The van der Waals surface area contributed by atoms with Gasteiger partial charge in [-0.25, -0.2) is 0 Å². The molecule has 4 aromatic rings. The third kappa shape index (κ3) is 4.26. The average Bonchev–Trinajstić information content (AvgIpc) is 3.64. The highest BCUT2D eigenvalue weighted by atomic mass is 32.1. The molecule has 36 heavy (non-hydrogen) atoms. The van der Waals surface area contributed by atoms with Crippen molar-refractivity contribution in [3.8, 4) is 11.4 Å². The van der Waals surface area contributed by atoms with Crippen LogP contribution in [0.5, 0.6) is 5.75 Å². The number of anilines is 1. The molecule has 6 heteroatoms. The molecule has 1 N–H and O–H groups in total. The molecular formula is C30H30N4OS. The SMILES string of the molecule is Cc1ccc(C2C(c3ccccn3)NC(=S)N2c2ccc(OC3CCCC3)cc2)n1-c1ccccc1. The predicted molar refractivity (Wildman–Crippen MR) is 148 cm³/mol. The Morgan fingerprint density at radius 2 is 1.61 bits per heavy atom. The number of hydrogen-bond donors (Lipinski definition) is 1. The monoisotopic (exact) mass is 494 g/mol. The highest BCUT2D eigenvalue weighted by molar-refractivity contribution is 7.80. The van der Waals surface area contributed by atoms with Gasteiger partial charge in [0, 0.05) is 29.0 Å². The first-order valence-corrected chi connectivity index (χ1v) is 13.1. The number of nitrogens with one attached hydrogen (secondary N) is 1. The molecule has 2 aliphatic rings. The van der Waals surface area contributed by atoms with Crippen LogP contribution in [0.15, 0.2) is 91.1 Å². The molecule has 3 heterocycles. The Kier molecular flexibility index (Phi) is 6.20. The summed E-state index contributed by atoms with van der Waals surface area (Å²) in [6, 6.07) is 29.1.